The van der Waals surface area contributed by atoms with Crippen LogP contribution in [0.15, 0.2) is 23.1 Å². The van der Waals surface area contributed by atoms with Crippen LogP contribution in [0.5, 0.6) is 5.75 Å². The van der Waals surface area contributed by atoms with Gasteiger partial charge in [-0.25, -0.2) is 4.79 Å². The molecular formula is C13H10ClNO4. The van der Waals surface area contributed by atoms with Crippen LogP contribution in [-0.2, 0) is 0 Å². The Bertz CT molecular complexity index is 765. The van der Waals surface area contributed by atoms with Gasteiger partial charge in [0.15, 0.2) is 5.75 Å². The summed E-state index contributed by atoms with van der Waals surface area (Å²) in [5.74, 6) is -0.794. The van der Waals surface area contributed by atoms with Gasteiger partial charge < -0.3 is 14.4 Å². The Kier molecular flexibility index (Phi) is 2.53. The normalized spacial score (nSPS) is 17.3. The molecule has 1 aromatic heterocycles. The smallest absolute Gasteiger partial charge is 0.341 e. The number of pyridine rings is 1. The molecule has 6 heteroatoms. The summed E-state index contributed by atoms with van der Waals surface area (Å²) in [4.78, 5) is 23.3. The van der Waals surface area contributed by atoms with Crippen molar-refractivity contribution in [1.82, 2.24) is 4.57 Å². The van der Waals surface area contributed by atoms with E-state index in [4.69, 9.17) is 21.4 Å². The first-order valence-electron chi connectivity index (χ1n) is 5.74. The maximum absolute atomic E-state index is 12.1. The van der Waals surface area contributed by atoms with Gasteiger partial charge in [0.05, 0.1) is 22.0 Å². The summed E-state index contributed by atoms with van der Waals surface area (Å²) in [5.41, 5.74) is -0.204. The van der Waals surface area contributed by atoms with Crippen LogP contribution >= 0.6 is 11.6 Å². The molecule has 0 aliphatic carbocycles. The molecule has 0 spiro atoms. The van der Waals surface area contributed by atoms with Crippen LogP contribution in [0.2, 0.25) is 5.02 Å². The van der Waals surface area contributed by atoms with E-state index in [1.807, 2.05) is 6.92 Å². The molecule has 19 heavy (non-hydrogen) atoms. The highest BCUT2D eigenvalue weighted by molar-refractivity contribution is 6.33. The fourth-order valence-corrected chi connectivity index (χ4v) is 2.52. The van der Waals surface area contributed by atoms with Crippen molar-refractivity contribution >= 4 is 28.5 Å². The molecule has 1 aliphatic rings. The van der Waals surface area contributed by atoms with Crippen molar-refractivity contribution in [1.29, 1.82) is 0 Å². The number of aromatic nitrogens is 1. The first kappa shape index (κ1) is 12.0. The molecule has 0 saturated carbocycles. The minimum Gasteiger partial charge on any atom is -0.488 e. The number of aromatic carboxylic acids is 1. The second kappa shape index (κ2) is 3.99. The number of benzene rings is 1. The number of hydrogen-bond acceptors (Lipinski definition) is 3. The Morgan fingerprint density at radius 3 is 2.95 bits per heavy atom. The van der Waals surface area contributed by atoms with Crippen molar-refractivity contribution in [3.05, 3.63) is 39.1 Å². The first-order valence-corrected chi connectivity index (χ1v) is 6.12. The van der Waals surface area contributed by atoms with Crippen molar-refractivity contribution in [3.63, 3.8) is 0 Å². The first-order chi connectivity index (χ1) is 9.00. The molecular weight excluding hydrogens is 270 g/mol. The van der Waals surface area contributed by atoms with Crippen LogP contribution in [0, 0.1) is 0 Å². The summed E-state index contributed by atoms with van der Waals surface area (Å²) in [6, 6.07) is 3.02. The lowest BCUT2D eigenvalue weighted by Gasteiger charge is -2.27. The quantitative estimate of drug-likeness (QED) is 0.870. The summed E-state index contributed by atoms with van der Waals surface area (Å²) in [6.07, 6.45) is 1.36. The lowest BCUT2D eigenvalue weighted by molar-refractivity contribution is 0.0694. The van der Waals surface area contributed by atoms with Crippen molar-refractivity contribution in [3.8, 4) is 5.75 Å². The van der Waals surface area contributed by atoms with Crippen LogP contribution in [-0.4, -0.2) is 22.2 Å². The third-order valence-corrected chi connectivity index (χ3v) is 3.57. The lowest BCUT2D eigenvalue weighted by Crippen LogP contribution is -2.26. The van der Waals surface area contributed by atoms with E-state index in [0.717, 1.165) is 0 Å². The van der Waals surface area contributed by atoms with E-state index in [0.29, 0.717) is 28.3 Å². The van der Waals surface area contributed by atoms with Gasteiger partial charge in [0.25, 0.3) is 0 Å². The van der Waals surface area contributed by atoms with Crippen LogP contribution < -0.4 is 10.2 Å². The van der Waals surface area contributed by atoms with E-state index in [-0.39, 0.29) is 11.6 Å². The Labute approximate surface area is 113 Å². The van der Waals surface area contributed by atoms with E-state index in [2.05, 4.69) is 0 Å². The second-order valence-corrected chi connectivity index (χ2v) is 4.92. The largest absolute Gasteiger partial charge is 0.488 e. The van der Waals surface area contributed by atoms with Gasteiger partial charge in [0.1, 0.15) is 12.2 Å². The lowest BCUT2D eigenvalue weighted by atomic mass is 10.1. The molecule has 0 amide bonds. The Hall–Kier alpha value is -2.01. The SMILES string of the molecule is CC1COc2c(Cl)ccc3c(=O)c(C(=O)O)cn1c23. The second-order valence-electron chi connectivity index (χ2n) is 4.52. The molecule has 1 atom stereocenters. The topological polar surface area (TPSA) is 68.5 Å². The van der Waals surface area contributed by atoms with Gasteiger partial charge in [-0.05, 0) is 19.1 Å². The van der Waals surface area contributed by atoms with E-state index in [1.54, 1.807) is 10.6 Å². The average Bonchev–Trinajstić information content (AvgIpc) is 2.37. The van der Waals surface area contributed by atoms with Gasteiger partial charge in [-0.1, -0.05) is 11.6 Å². The average molecular weight is 280 g/mol. The van der Waals surface area contributed by atoms with Gasteiger partial charge in [0, 0.05) is 6.20 Å². The summed E-state index contributed by atoms with van der Waals surface area (Å²) < 4.78 is 7.30. The fourth-order valence-electron chi connectivity index (χ4n) is 2.31. The Balaban J connectivity index is 2.54. The number of hydrogen-bond donors (Lipinski definition) is 1. The summed E-state index contributed by atoms with van der Waals surface area (Å²) >= 11 is 6.05. The van der Waals surface area contributed by atoms with Crippen LogP contribution in [0.25, 0.3) is 10.9 Å². The maximum atomic E-state index is 12.1. The van der Waals surface area contributed by atoms with E-state index >= 15 is 0 Å². The molecule has 1 aliphatic heterocycles. The molecule has 5 nitrogen and oxygen atoms in total. The molecule has 0 fully saturated rings. The maximum Gasteiger partial charge on any atom is 0.341 e. The zero-order valence-corrected chi connectivity index (χ0v) is 10.8. The zero-order valence-electron chi connectivity index (χ0n) is 10.0. The Morgan fingerprint density at radius 2 is 2.26 bits per heavy atom. The number of carboxylic acid groups (broad SMARTS) is 1. The highest BCUT2D eigenvalue weighted by Gasteiger charge is 2.24. The molecule has 3 rings (SSSR count). The summed E-state index contributed by atoms with van der Waals surface area (Å²) in [5, 5.41) is 9.83. The number of halogens is 1. The predicted octanol–water partition coefficient (Wildman–Crippen LogP) is 2.31. The van der Waals surface area contributed by atoms with E-state index < -0.39 is 11.4 Å². The van der Waals surface area contributed by atoms with Crippen LogP contribution in [0.3, 0.4) is 0 Å². The van der Waals surface area contributed by atoms with E-state index in [1.165, 1.54) is 12.3 Å². The van der Waals surface area contributed by atoms with Gasteiger partial charge in [0.2, 0.25) is 5.43 Å². The minimum atomic E-state index is -1.23. The third-order valence-electron chi connectivity index (χ3n) is 3.27. The number of rotatable bonds is 1. The molecule has 0 saturated heterocycles. The van der Waals surface area contributed by atoms with Crippen LogP contribution in [0.4, 0.5) is 0 Å². The monoisotopic (exact) mass is 279 g/mol. The van der Waals surface area contributed by atoms with Crippen molar-refractivity contribution in [2.45, 2.75) is 13.0 Å². The molecule has 2 heterocycles. The molecule has 98 valence electrons. The van der Waals surface area contributed by atoms with E-state index in [9.17, 15) is 9.59 Å². The van der Waals surface area contributed by atoms with Gasteiger partial charge in [-0.2, -0.15) is 0 Å². The molecule has 1 N–H and O–H groups in total. The number of nitrogens with zero attached hydrogens (tertiary/aromatic N) is 1. The zero-order chi connectivity index (χ0) is 13.7. The van der Waals surface area contributed by atoms with Gasteiger partial charge in [-0.3, -0.25) is 4.79 Å². The van der Waals surface area contributed by atoms with Crippen LogP contribution in [0.1, 0.15) is 23.3 Å². The number of ether oxygens (including phenoxy) is 1. The molecule has 1 aromatic carbocycles. The van der Waals surface area contributed by atoms with Gasteiger partial charge >= 0.3 is 5.97 Å². The summed E-state index contributed by atoms with van der Waals surface area (Å²) in [6.45, 7) is 2.27. The Morgan fingerprint density at radius 1 is 1.53 bits per heavy atom. The third kappa shape index (κ3) is 1.62. The number of carboxylic acids is 1. The molecule has 0 bridgehead atoms. The van der Waals surface area contributed by atoms with Crippen molar-refractivity contribution in [2.75, 3.05) is 6.61 Å². The minimum absolute atomic E-state index is 0.0628. The highest BCUT2D eigenvalue weighted by Crippen LogP contribution is 2.37. The summed E-state index contributed by atoms with van der Waals surface area (Å²) in [7, 11) is 0. The molecule has 0 radical (unpaired) electrons. The van der Waals surface area contributed by atoms with Crippen molar-refractivity contribution < 1.29 is 14.6 Å². The van der Waals surface area contributed by atoms with Gasteiger partial charge in [-0.15, -0.1) is 0 Å². The number of carbonyl (C=O) groups is 1. The van der Waals surface area contributed by atoms with Crippen molar-refractivity contribution in [2.24, 2.45) is 0 Å². The molecule has 2 aromatic rings. The predicted molar refractivity (Wildman–Crippen MR) is 70.4 cm³/mol. The standard InChI is InChI=1S/C13H10ClNO4/c1-6-5-19-12-9(14)3-2-7-10(12)15(6)4-8(11(7)16)13(17)18/h2-4,6H,5H2,1H3,(H,17,18). The fraction of sp³-hybridized carbons (Fsp3) is 0.231. The highest BCUT2D eigenvalue weighted by atomic mass is 35.5. The molecule has 1 unspecified atom stereocenters.